The standard InChI is InChI=1S/C27H31NO/c1-3-28-18-17-20-9-11-22(12-10-20)27-25(21-7-5-4-6-8-21)15-13-23-19-24(29-2)14-16-26(23)27/h4-12,14,16,19,25,27-28H,3,13,15,17-18H2,1-2H3/t25-,27?/m1/s1. The van der Waals surface area contributed by atoms with Gasteiger partial charge in [-0.3, -0.25) is 0 Å². The molecule has 29 heavy (non-hydrogen) atoms. The third kappa shape index (κ3) is 4.38. The Morgan fingerprint density at radius 2 is 1.72 bits per heavy atom. The van der Waals surface area contributed by atoms with Gasteiger partial charge in [-0.15, -0.1) is 0 Å². The molecule has 0 aromatic heterocycles. The molecule has 0 spiro atoms. The van der Waals surface area contributed by atoms with Gasteiger partial charge in [-0.05, 0) is 78.2 Å². The number of likely N-dealkylation sites (N-methyl/N-ethyl adjacent to an activating group) is 1. The Morgan fingerprint density at radius 3 is 2.45 bits per heavy atom. The maximum Gasteiger partial charge on any atom is 0.119 e. The number of hydrogen-bond donors (Lipinski definition) is 1. The zero-order valence-electron chi connectivity index (χ0n) is 17.5. The number of fused-ring (bicyclic) bond motifs is 1. The normalized spacial score (nSPS) is 18.3. The van der Waals surface area contributed by atoms with E-state index in [9.17, 15) is 0 Å². The van der Waals surface area contributed by atoms with Gasteiger partial charge in [0.2, 0.25) is 0 Å². The van der Waals surface area contributed by atoms with E-state index < -0.39 is 0 Å². The van der Waals surface area contributed by atoms with E-state index in [0.717, 1.165) is 38.1 Å². The van der Waals surface area contributed by atoms with E-state index in [0.29, 0.717) is 11.8 Å². The zero-order valence-corrected chi connectivity index (χ0v) is 17.5. The van der Waals surface area contributed by atoms with Crippen molar-refractivity contribution >= 4 is 0 Å². The van der Waals surface area contributed by atoms with E-state index in [1.165, 1.54) is 27.8 Å². The van der Waals surface area contributed by atoms with Gasteiger partial charge in [-0.2, -0.15) is 0 Å². The van der Waals surface area contributed by atoms with Crippen LogP contribution in [0.4, 0.5) is 0 Å². The topological polar surface area (TPSA) is 21.3 Å². The second-order valence-corrected chi connectivity index (χ2v) is 7.94. The molecular weight excluding hydrogens is 354 g/mol. The largest absolute Gasteiger partial charge is 0.497 e. The van der Waals surface area contributed by atoms with Crippen LogP contribution in [-0.4, -0.2) is 20.2 Å². The third-order valence-electron chi connectivity index (χ3n) is 6.22. The fourth-order valence-electron chi connectivity index (χ4n) is 4.70. The number of aryl methyl sites for hydroxylation is 1. The number of hydrogen-bond acceptors (Lipinski definition) is 2. The molecular formula is C27H31NO. The minimum Gasteiger partial charge on any atom is -0.497 e. The van der Waals surface area contributed by atoms with Gasteiger partial charge in [0.25, 0.3) is 0 Å². The Labute approximate surface area is 174 Å². The van der Waals surface area contributed by atoms with E-state index in [1.807, 2.05) is 0 Å². The minimum atomic E-state index is 0.384. The molecule has 1 aliphatic rings. The van der Waals surface area contributed by atoms with E-state index in [4.69, 9.17) is 4.74 Å². The van der Waals surface area contributed by atoms with Crippen LogP contribution in [0, 0.1) is 0 Å². The summed E-state index contributed by atoms with van der Waals surface area (Å²) in [5.41, 5.74) is 7.13. The van der Waals surface area contributed by atoms with Crippen LogP contribution in [0.3, 0.4) is 0 Å². The van der Waals surface area contributed by atoms with E-state index in [2.05, 4.69) is 85.0 Å². The summed E-state index contributed by atoms with van der Waals surface area (Å²) < 4.78 is 5.49. The average molecular weight is 386 g/mol. The third-order valence-corrected chi connectivity index (χ3v) is 6.22. The smallest absolute Gasteiger partial charge is 0.119 e. The summed E-state index contributed by atoms with van der Waals surface area (Å²) in [6.07, 6.45) is 3.34. The lowest BCUT2D eigenvalue weighted by atomic mass is 9.69. The number of nitrogens with one attached hydrogen (secondary N) is 1. The monoisotopic (exact) mass is 385 g/mol. The molecule has 0 saturated carbocycles. The van der Waals surface area contributed by atoms with Crippen molar-refractivity contribution in [1.82, 2.24) is 5.32 Å². The Morgan fingerprint density at radius 1 is 0.931 bits per heavy atom. The fourth-order valence-corrected chi connectivity index (χ4v) is 4.70. The van der Waals surface area contributed by atoms with Crippen molar-refractivity contribution in [2.45, 2.75) is 38.0 Å². The zero-order chi connectivity index (χ0) is 20.1. The SMILES string of the molecule is CCNCCc1ccc(C2c3ccc(OC)cc3CC[C@@H]2c2ccccc2)cc1. The molecule has 0 radical (unpaired) electrons. The number of methoxy groups -OCH3 is 1. The summed E-state index contributed by atoms with van der Waals surface area (Å²) in [6.45, 7) is 4.22. The van der Waals surface area contributed by atoms with Crippen LogP contribution in [0.2, 0.25) is 0 Å². The minimum absolute atomic E-state index is 0.384. The van der Waals surface area contributed by atoms with Crippen molar-refractivity contribution in [2.24, 2.45) is 0 Å². The highest BCUT2D eigenvalue weighted by molar-refractivity contribution is 5.48. The van der Waals surface area contributed by atoms with Crippen molar-refractivity contribution in [3.05, 3.63) is 101 Å². The van der Waals surface area contributed by atoms with Gasteiger partial charge < -0.3 is 10.1 Å². The highest BCUT2D eigenvalue weighted by Crippen LogP contribution is 2.46. The van der Waals surface area contributed by atoms with Crippen LogP contribution < -0.4 is 10.1 Å². The Kier molecular flexibility index (Phi) is 6.31. The molecule has 2 atom stereocenters. The fraction of sp³-hybridized carbons (Fsp3) is 0.333. The first kappa shape index (κ1) is 19.7. The number of benzene rings is 3. The molecule has 0 heterocycles. The molecule has 2 heteroatoms. The maximum absolute atomic E-state index is 5.49. The first-order valence-corrected chi connectivity index (χ1v) is 10.8. The van der Waals surface area contributed by atoms with Gasteiger partial charge in [0, 0.05) is 5.92 Å². The van der Waals surface area contributed by atoms with E-state index >= 15 is 0 Å². The van der Waals surface area contributed by atoms with Crippen molar-refractivity contribution < 1.29 is 4.74 Å². The second kappa shape index (κ2) is 9.28. The second-order valence-electron chi connectivity index (χ2n) is 7.94. The van der Waals surface area contributed by atoms with Gasteiger partial charge in [0.1, 0.15) is 5.75 Å². The molecule has 0 fully saturated rings. The maximum atomic E-state index is 5.49. The molecule has 3 aromatic rings. The molecule has 4 rings (SSSR count). The quantitative estimate of drug-likeness (QED) is 0.526. The number of ether oxygens (including phenoxy) is 1. The van der Waals surface area contributed by atoms with Crippen LogP contribution in [0.15, 0.2) is 72.8 Å². The van der Waals surface area contributed by atoms with Crippen LogP contribution in [0.25, 0.3) is 0 Å². The summed E-state index contributed by atoms with van der Waals surface area (Å²) >= 11 is 0. The van der Waals surface area contributed by atoms with Gasteiger partial charge in [-0.1, -0.05) is 67.6 Å². The molecule has 1 unspecified atom stereocenters. The Balaban J connectivity index is 1.70. The highest BCUT2D eigenvalue weighted by Gasteiger charge is 2.32. The predicted molar refractivity (Wildman–Crippen MR) is 121 cm³/mol. The molecule has 0 saturated heterocycles. The van der Waals surface area contributed by atoms with Gasteiger partial charge >= 0.3 is 0 Å². The average Bonchev–Trinajstić information content (AvgIpc) is 2.79. The summed E-state index contributed by atoms with van der Waals surface area (Å²) in [6, 6.07) is 27.0. The van der Waals surface area contributed by atoms with Gasteiger partial charge in [0.05, 0.1) is 7.11 Å². The Hall–Kier alpha value is -2.58. The van der Waals surface area contributed by atoms with Crippen molar-refractivity contribution in [3.8, 4) is 5.75 Å². The first-order chi connectivity index (χ1) is 14.3. The van der Waals surface area contributed by atoms with Crippen LogP contribution in [-0.2, 0) is 12.8 Å². The number of rotatable bonds is 7. The van der Waals surface area contributed by atoms with Crippen molar-refractivity contribution in [3.63, 3.8) is 0 Å². The summed E-state index contributed by atoms with van der Waals surface area (Å²) in [7, 11) is 1.75. The molecule has 0 bridgehead atoms. The molecule has 3 aromatic carbocycles. The first-order valence-electron chi connectivity index (χ1n) is 10.8. The van der Waals surface area contributed by atoms with E-state index in [-0.39, 0.29) is 0 Å². The molecule has 1 aliphatic carbocycles. The lowest BCUT2D eigenvalue weighted by Gasteiger charge is -2.35. The Bertz CT molecular complexity index is 917. The van der Waals surface area contributed by atoms with Crippen molar-refractivity contribution in [2.75, 3.05) is 20.2 Å². The van der Waals surface area contributed by atoms with Crippen molar-refractivity contribution in [1.29, 1.82) is 0 Å². The lowest BCUT2D eigenvalue weighted by Crippen LogP contribution is -2.20. The van der Waals surface area contributed by atoms with Gasteiger partial charge in [-0.25, -0.2) is 0 Å². The molecule has 150 valence electrons. The summed E-state index contributed by atoms with van der Waals surface area (Å²) in [5.74, 6) is 1.85. The van der Waals surface area contributed by atoms with Crippen LogP contribution in [0.5, 0.6) is 5.75 Å². The lowest BCUT2D eigenvalue weighted by molar-refractivity contribution is 0.412. The molecule has 2 nitrogen and oxygen atoms in total. The van der Waals surface area contributed by atoms with Crippen LogP contribution >= 0.6 is 0 Å². The van der Waals surface area contributed by atoms with Gasteiger partial charge in [0.15, 0.2) is 0 Å². The molecule has 1 N–H and O–H groups in total. The summed E-state index contributed by atoms with van der Waals surface area (Å²) in [4.78, 5) is 0. The van der Waals surface area contributed by atoms with Crippen LogP contribution in [0.1, 0.15) is 53.0 Å². The molecule has 0 amide bonds. The molecule has 0 aliphatic heterocycles. The highest BCUT2D eigenvalue weighted by atomic mass is 16.5. The van der Waals surface area contributed by atoms with E-state index in [1.54, 1.807) is 7.11 Å². The predicted octanol–water partition coefficient (Wildman–Crippen LogP) is 5.71. The summed E-state index contributed by atoms with van der Waals surface area (Å²) in [5, 5.41) is 3.42.